The van der Waals surface area contributed by atoms with Crippen molar-refractivity contribution < 1.29 is 14.3 Å². The molecule has 0 spiro atoms. The minimum atomic E-state index is -0.462. The normalized spacial score (nSPS) is 16.1. The van der Waals surface area contributed by atoms with Crippen molar-refractivity contribution >= 4 is 24.9 Å². The maximum Gasteiger partial charge on any atom is 0.220 e. The van der Waals surface area contributed by atoms with Gasteiger partial charge in [-0.2, -0.15) is 0 Å². The molecular formula is C16H20BN2O3. The first-order chi connectivity index (χ1) is 10.5. The second kappa shape index (κ2) is 7.16. The van der Waals surface area contributed by atoms with Crippen LogP contribution in [0.4, 0.5) is 0 Å². The molecule has 0 saturated heterocycles. The maximum absolute atomic E-state index is 11.8. The van der Waals surface area contributed by atoms with Gasteiger partial charge in [0.15, 0.2) is 0 Å². The zero-order valence-electron chi connectivity index (χ0n) is 12.7. The summed E-state index contributed by atoms with van der Waals surface area (Å²) in [6.07, 6.45) is 1.68. The quantitative estimate of drug-likeness (QED) is 0.601. The van der Waals surface area contributed by atoms with Crippen LogP contribution in [0, 0.1) is 0 Å². The highest BCUT2D eigenvalue weighted by Crippen LogP contribution is 2.26. The van der Waals surface area contributed by atoms with Crippen molar-refractivity contribution in [2.45, 2.75) is 31.5 Å². The smallest absolute Gasteiger partial charge is 0.220 e. The average Bonchev–Trinajstić information content (AvgIpc) is 2.51. The van der Waals surface area contributed by atoms with Gasteiger partial charge in [-0.3, -0.25) is 9.59 Å². The van der Waals surface area contributed by atoms with Crippen LogP contribution in [0.1, 0.15) is 29.5 Å². The molecule has 0 saturated carbocycles. The van der Waals surface area contributed by atoms with E-state index in [1.54, 1.807) is 7.11 Å². The molecule has 2 rings (SSSR count). The summed E-state index contributed by atoms with van der Waals surface area (Å²) in [5, 5.41) is 2.92. The van der Waals surface area contributed by atoms with E-state index in [4.69, 9.17) is 10.5 Å². The third-order valence-corrected chi connectivity index (χ3v) is 3.81. The molecule has 115 valence electrons. The van der Waals surface area contributed by atoms with Gasteiger partial charge in [0.1, 0.15) is 13.0 Å². The molecule has 3 N–H and O–H groups in total. The van der Waals surface area contributed by atoms with Crippen LogP contribution in [0.2, 0.25) is 0 Å². The molecule has 1 heterocycles. The molecule has 22 heavy (non-hydrogen) atoms. The number of carbonyl (C=O) groups excluding carboxylic acids is 2. The number of fused-ring (bicyclic) bond motifs is 1. The summed E-state index contributed by atoms with van der Waals surface area (Å²) < 4.78 is 5.23. The van der Waals surface area contributed by atoms with Crippen molar-refractivity contribution in [3.63, 3.8) is 0 Å². The van der Waals surface area contributed by atoms with Gasteiger partial charge >= 0.3 is 0 Å². The number of benzene rings is 1. The summed E-state index contributed by atoms with van der Waals surface area (Å²) in [5.74, 6) is 0.00456. The fourth-order valence-corrected chi connectivity index (χ4v) is 2.64. The van der Waals surface area contributed by atoms with Gasteiger partial charge in [-0.05, 0) is 17.5 Å². The number of hydrogen-bond acceptors (Lipinski definition) is 3. The Morgan fingerprint density at radius 3 is 2.91 bits per heavy atom. The fourth-order valence-electron chi connectivity index (χ4n) is 2.64. The monoisotopic (exact) mass is 299 g/mol. The Labute approximate surface area is 131 Å². The SMILES string of the molecule is C=C(OC)c1cccc2c1C[B]C(NC(=O)CCC(N)=O)C2. The van der Waals surface area contributed by atoms with Crippen molar-refractivity contribution in [2.75, 3.05) is 7.11 Å². The van der Waals surface area contributed by atoms with E-state index < -0.39 is 5.91 Å². The third-order valence-electron chi connectivity index (χ3n) is 3.81. The number of amides is 2. The molecule has 1 aromatic carbocycles. The van der Waals surface area contributed by atoms with Crippen LogP contribution in [0.15, 0.2) is 24.8 Å². The van der Waals surface area contributed by atoms with Gasteiger partial charge in [-0.25, -0.2) is 0 Å². The summed E-state index contributed by atoms with van der Waals surface area (Å²) in [6.45, 7) is 3.91. The van der Waals surface area contributed by atoms with Crippen molar-refractivity contribution in [3.8, 4) is 0 Å². The van der Waals surface area contributed by atoms with E-state index in [0.717, 1.165) is 18.3 Å². The number of ether oxygens (including phenoxy) is 1. The summed E-state index contributed by atoms with van der Waals surface area (Å²) in [6, 6.07) is 6.01. The van der Waals surface area contributed by atoms with E-state index in [2.05, 4.69) is 25.2 Å². The van der Waals surface area contributed by atoms with Crippen LogP contribution in [-0.4, -0.2) is 32.1 Å². The predicted octanol–water partition coefficient (Wildman–Crippen LogP) is 0.772. The second-order valence-electron chi connectivity index (χ2n) is 5.35. The second-order valence-corrected chi connectivity index (χ2v) is 5.35. The lowest BCUT2D eigenvalue weighted by molar-refractivity contribution is -0.125. The van der Waals surface area contributed by atoms with Gasteiger partial charge in [0.25, 0.3) is 0 Å². The Morgan fingerprint density at radius 1 is 1.45 bits per heavy atom. The number of nitrogens with two attached hydrogens (primary N) is 1. The highest BCUT2D eigenvalue weighted by atomic mass is 16.5. The largest absolute Gasteiger partial charge is 0.497 e. The van der Waals surface area contributed by atoms with Gasteiger partial charge in [0, 0.05) is 24.3 Å². The number of carbonyl (C=O) groups is 2. The Balaban J connectivity index is 2.02. The summed E-state index contributed by atoms with van der Waals surface area (Å²) >= 11 is 0. The highest BCUT2D eigenvalue weighted by molar-refractivity contribution is 6.38. The maximum atomic E-state index is 11.8. The Bertz CT molecular complexity index is 601. The number of rotatable bonds is 6. The summed E-state index contributed by atoms with van der Waals surface area (Å²) in [4.78, 5) is 22.5. The molecule has 0 aromatic heterocycles. The standard InChI is InChI=1S/C16H20BN2O3/c1-10(22-2)12-5-3-4-11-8-14(17-9-13(11)12)19-16(21)7-6-15(18)20/h3-5,14H,1,6-9H2,2H3,(H2,18,20)(H,19,21). The molecular weight excluding hydrogens is 279 g/mol. The minimum absolute atomic E-state index is 0.0288. The van der Waals surface area contributed by atoms with Crippen molar-refractivity contribution in [1.29, 1.82) is 0 Å². The first-order valence-electron chi connectivity index (χ1n) is 7.26. The van der Waals surface area contributed by atoms with E-state index in [9.17, 15) is 9.59 Å². The van der Waals surface area contributed by atoms with Crippen molar-refractivity contribution in [2.24, 2.45) is 5.73 Å². The summed E-state index contributed by atoms with van der Waals surface area (Å²) in [5.41, 5.74) is 8.43. The first-order valence-corrected chi connectivity index (χ1v) is 7.26. The lowest BCUT2D eigenvalue weighted by Gasteiger charge is -2.27. The molecule has 1 atom stereocenters. The molecule has 0 bridgehead atoms. The molecule has 1 aromatic rings. The zero-order chi connectivity index (χ0) is 16.1. The molecule has 0 fully saturated rings. The van der Waals surface area contributed by atoms with Gasteiger partial charge in [0.05, 0.1) is 7.11 Å². The number of nitrogens with one attached hydrogen (secondary N) is 1. The molecule has 1 unspecified atom stereocenters. The topological polar surface area (TPSA) is 81.4 Å². The van der Waals surface area contributed by atoms with Crippen molar-refractivity contribution in [3.05, 3.63) is 41.5 Å². The molecule has 5 nitrogen and oxygen atoms in total. The number of primary amides is 1. The van der Waals surface area contributed by atoms with Crippen LogP contribution < -0.4 is 11.1 Å². The summed E-state index contributed by atoms with van der Waals surface area (Å²) in [7, 11) is 3.67. The van der Waals surface area contributed by atoms with Crippen LogP contribution in [0.25, 0.3) is 5.76 Å². The highest BCUT2D eigenvalue weighted by Gasteiger charge is 2.23. The van der Waals surface area contributed by atoms with Crippen LogP contribution in [0.5, 0.6) is 0 Å². The van der Waals surface area contributed by atoms with Crippen LogP contribution in [0.3, 0.4) is 0 Å². The molecule has 1 aliphatic heterocycles. The van der Waals surface area contributed by atoms with E-state index in [1.165, 1.54) is 11.1 Å². The Hall–Kier alpha value is -2.24. The molecule has 1 aliphatic rings. The average molecular weight is 299 g/mol. The number of hydrogen-bond donors (Lipinski definition) is 2. The van der Waals surface area contributed by atoms with Gasteiger partial charge in [-0.1, -0.05) is 31.1 Å². The lowest BCUT2D eigenvalue weighted by atomic mass is 9.57. The van der Waals surface area contributed by atoms with E-state index in [1.807, 2.05) is 12.1 Å². The first kappa shape index (κ1) is 16.1. The minimum Gasteiger partial charge on any atom is -0.497 e. The molecule has 1 radical (unpaired) electrons. The van der Waals surface area contributed by atoms with E-state index in [-0.39, 0.29) is 24.7 Å². The zero-order valence-corrected chi connectivity index (χ0v) is 12.7. The van der Waals surface area contributed by atoms with Gasteiger partial charge in [-0.15, -0.1) is 0 Å². The molecule has 0 aliphatic carbocycles. The van der Waals surface area contributed by atoms with Crippen LogP contribution >= 0.6 is 0 Å². The predicted molar refractivity (Wildman–Crippen MR) is 86.0 cm³/mol. The third kappa shape index (κ3) is 3.90. The van der Waals surface area contributed by atoms with E-state index >= 15 is 0 Å². The van der Waals surface area contributed by atoms with Crippen LogP contribution in [-0.2, 0) is 27.1 Å². The molecule has 6 heteroatoms. The van der Waals surface area contributed by atoms with Gasteiger partial charge in [0.2, 0.25) is 11.8 Å². The molecule has 2 amide bonds. The van der Waals surface area contributed by atoms with E-state index in [0.29, 0.717) is 5.76 Å². The fraction of sp³-hybridized carbons (Fsp3) is 0.375. The number of methoxy groups -OCH3 is 1. The lowest BCUT2D eigenvalue weighted by Crippen LogP contribution is -2.44. The van der Waals surface area contributed by atoms with Crippen molar-refractivity contribution in [1.82, 2.24) is 5.32 Å². The Kier molecular flexibility index (Phi) is 5.25. The Morgan fingerprint density at radius 2 is 2.23 bits per heavy atom. The van der Waals surface area contributed by atoms with Gasteiger partial charge < -0.3 is 15.8 Å².